The number of hydrogen-bond acceptors (Lipinski definition) is 7. The van der Waals surface area contributed by atoms with Crippen molar-refractivity contribution in [3.8, 4) is 11.3 Å². The van der Waals surface area contributed by atoms with Crippen LogP contribution < -0.4 is 5.43 Å². The van der Waals surface area contributed by atoms with E-state index in [0.29, 0.717) is 17.1 Å². The topological polar surface area (TPSA) is 106 Å². The molecule has 1 aromatic heterocycles. The summed E-state index contributed by atoms with van der Waals surface area (Å²) in [5.74, 6) is -0.222. The van der Waals surface area contributed by atoms with Crippen molar-refractivity contribution >= 4 is 51.9 Å². The molecule has 160 valence electrons. The zero-order chi connectivity index (χ0) is 22.7. The summed E-state index contributed by atoms with van der Waals surface area (Å²) in [6.07, 6.45) is 1.59. The number of thioether (sulfide) groups is 1. The second kappa shape index (κ2) is 9.16. The summed E-state index contributed by atoms with van der Waals surface area (Å²) >= 11 is 6.25. The number of para-hydroxylation sites is 1. The molecule has 2 amide bonds. The van der Waals surface area contributed by atoms with Crippen molar-refractivity contribution < 1.29 is 18.9 Å². The van der Waals surface area contributed by atoms with Gasteiger partial charge in [-0.25, -0.2) is 0 Å². The summed E-state index contributed by atoms with van der Waals surface area (Å²) in [7, 11) is 0. The van der Waals surface area contributed by atoms with Crippen LogP contribution in [0.3, 0.4) is 0 Å². The van der Waals surface area contributed by atoms with Gasteiger partial charge in [0, 0.05) is 12.1 Å². The van der Waals surface area contributed by atoms with Crippen molar-refractivity contribution in [3.05, 3.63) is 93.1 Å². The van der Waals surface area contributed by atoms with Crippen molar-refractivity contribution in [1.82, 2.24) is 10.4 Å². The third-order valence-corrected chi connectivity index (χ3v) is 5.81. The van der Waals surface area contributed by atoms with E-state index in [1.165, 1.54) is 12.1 Å². The van der Waals surface area contributed by atoms with Gasteiger partial charge in [0.2, 0.25) is 5.91 Å². The molecule has 1 saturated heterocycles. The maximum atomic E-state index is 12.7. The standard InChI is InChI=1S/C22H15N3O5S2/c26-20(12-14-6-2-1-3-7-14)23-24-21(27)19(32-22(24)31)13-15-10-11-18(30-15)16-8-4-5-9-17(16)25(28)29/h1-11,13H,12H2,(H,23,26)/b19-13-. The Bertz CT molecular complexity index is 1250. The maximum Gasteiger partial charge on any atom is 0.285 e. The number of amides is 2. The lowest BCUT2D eigenvalue weighted by Gasteiger charge is -2.15. The minimum atomic E-state index is -0.485. The Hall–Kier alpha value is -3.76. The molecule has 10 heteroatoms. The van der Waals surface area contributed by atoms with Crippen LogP contribution in [0.5, 0.6) is 0 Å². The Morgan fingerprint density at radius 2 is 1.84 bits per heavy atom. The highest BCUT2D eigenvalue weighted by Gasteiger charge is 2.34. The van der Waals surface area contributed by atoms with Gasteiger partial charge in [0.15, 0.2) is 4.32 Å². The van der Waals surface area contributed by atoms with E-state index in [0.717, 1.165) is 22.3 Å². The molecule has 0 saturated carbocycles. The summed E-state index contributed by atoms with van der Waals surface area (Å²) in [4.78, 5) is 36.1. The van der Waals surface area contributed by atoms with Crippen LogP contribution in [-0.2, 0) is 16.0 Å². The molecular weight excluding hydrogens is 450 g/mol. The van der Waals surface area contributed by atoms with Gasteiger partial charge in [-0.15, -0.1) is 0 Å². The van der Waals surface area contributed by atoms with E-state index < -0.39 is 10.8 Å². The van der Waals surface area contributed by atoms with Gasteiger partial charge in [-0.3, -0.25) is 25.1 Å². The van der Waals surface area contributed by atoms with Gasteiger partial charge < -0.3 is 4.42 Å². The third kappa shape index (κ3) is 4.61. The molecule has 3 aromatic rings. The van der Waals surface area contributed by atoms with Crippen LogP contribution >= 0.6 is 24.0 Å². The number of hydrazine groups is 1. The molecule has 0 unspecified atom stereocenters. The van der Waals surface area contributed by atoms with Crippen molar-refractivity contribution in [2.75, 3.05) is 0 Å². The molecule has 1 N–H and O–H groups in total. The van der Waals surface area contributed by atoms with E-state index >= 15 is 0 Å². The fourth-order valence-corrected chi connectivity index (χ4v) is 4.21. The van der Waals surface area contributed by atoms with Gasteiger partial charge in [0.25, 0.3) is 11.6 Å². The first kappa shape index (κ1) is 21.5. The van der Waals surface area contributed by atoms with E-state index in [-0.39, 0.29) is 27.2 Å². The van der Waals surface area contributed by atoms with E-state index in [2.05, 4.69) is 5.43 Å². The van der Waals surface area contributed by atoms with Crippen molar-refractivity contribution in [3.63, 3.8) is 0 Å². The number of carbonyl (C=O) groups is 2. The summed E-state index contributed by atoms with van der Waals surface area (Å²) in [6.45, 7) is 0. The van der Waals surface area contributed by atoms with Crippen LogP contribution in [0.2, 0.25) is 0 Å². The van der Waals surface area contributed by atoms with E-state index in [1.807, 2.05) is 30.3 Å². The molecule has 2 heterocycles. The number of nitrogens with zero attached hydrogens (tertiary/aromatic N) is 2. The number of thiocarbonyl (C=S) groups is 1. The summed E-state index contributed by atoms with van der Waals surface area (Å²) in [5, 5.41) is 12.3. The molecule has 8 nitrogen and oxygen atoms in total. The molecule has 0 bridgehead atoms. The molecule has 0 radical (unpaired) electrons. The first-order valence-corrected chi connectivity index (χ1v) is 10.6. The van der Waals surface area contributed by atoms with Crippen LogP contribution in [0.1, 0.15) is 11.3 Å². The quantitative estimate of drug-likeness (QED) is 0.250. The van der Waals surface area contributed by atoms with Gasteiger partial charge >= 0.3 is 0 Å². The Balaban J connectivity index is 1.49. The van der Waals surface area contributed by atoms with Crippen molar-refractivity contribution in [1.29, 1.82) is 0 Å². The average Bonchev–Trinajstić information content (AvgIpc) is 3.35. The lowest BCUT2D eigenvalue weighted by molar-refractivity contribution is -0.384. The molecule has 32 heavy (non-hydrogen) atoms. The molecule has 1 fully saturated rings. The first-order chi connectivity index (χ1) is 15.4. The number of benzene rings is 2. The largest absolute Gasteiger partial charge is 0.456 e. The molecule has 1 aliphatic rings. The van der Waals surface area contributed by atoms with Crippen LogP contribution in [0.4, 0.5) is 5.69 Å². The SMILES string of the molecule is O=C(Cc1ccccc1)NN1C(=O)/C(=C/c2ccc(-c3ccccc3[N+](=O)[O-])o2)SC1=S. The summed E-state index contributed by atoms with van der Waals surface area (Å²) < 4.78 is 5.89. The Labute approximate surface area is 192 Å². The fraction of sp³-hybridized carbons (Fsp3) is 0.0455. The number of nitro groups is 1. The summed E-state index contributed by atoms with van der Waals surface area (Å²) in [6, 6.07) is 18.6. The highest BCUT2D eigenvalue weighted by molar-refractivity contribution is 8.26. The smallest absolute Gasteiger partial charge is 0.285 e. The van der Waals surface area contributed by atoms with E-state index in [9.17, 15) is 19.7 Å². The van der Waals surface area contributed by atoms with Crippen LogP contribution in [-0.4, -0.2) is 26.1 Å². The molecule has 2 aromatic carbocycles. The minimum absolute atomic E-state index is 0.0825. The van der Waals surface area contributed by atoms with Crippen LogP contribution in [0.15, 0.2) is 76.1 Å². The zero-order valence-electron chi connectivity index (χ0n) is 16.4. The van der Waals surface area contributed by atoms with Crippen LogP contribution in [0, 0.1) is 10.1 Å². The Kier molecular flexibility index (Phi) is 6.15. The molecule has 0 aliphatic carbocycles. The lowest BCUT2D eigenvalue weighted by Crippen LogP contribution is -2.45. The van der Waals surface area contributed by atoms with Crippen molar-refractivity contribution in [2.45, 2.75) is 6.42 Å². The van der Waals surface area contributed by atoms with Gasteiger partial charge in [-0.2, -0.15) is 5.01 Å². The van der Waals surface area contributed by atoms with Gasteiger partial charge in [0.1, 0.15) is 11.5 Å². The Morgan fingerprint density at radius 1 is 1.12 bits per heavy atom. The van der Waals surface area contributed by atoms with Gasteiger partial charge in [0.05, 0.1) is 21.8 Å². The van der Waals surface area contributed by atoms with E-state index in [4.69, 9.17) is 16.6 Å². The van der Waals surface area contributed by atoms with Gasteiger partial charge in [-0.05, 0) is 36.0 Å². The number of furan rings is 1. The number of nitrogens with one attached hydrogen (secondary N) is 1. The van der Waals surface area contributed by atoms with Gasteiger partial charge in [-0.1, -0.05) is 54.2 Å². The fourth-order valence-electron chi connectivity index (χ4n) is 3.06. The maximum absolute atomic E-state index is 12.7. The first-order valence-electron chi connectivity index (χ1n) is 9.37. The molecule has 0 atom stereocenters. The number of carbonyl (C=O) groups excluding carboxylic acids is 2. The van der Waals surface area contributed by atoms with Crippen molar-refractivity contribution in [2.24, 2.45) is 0 Å². The van der Waals surface area contributed by atoms with Crippen LogP contribution in [0.25, 0.3) is 17.4 Å². The molecular formula is C22H15N3O5S2. The molecule has 1 aliphatic heterocycles. The predicted molar refractivity (Wildman–Crippen MR) is 124 cm³/mol. The number of hydrogen-bond donors (Lipinski definition) is 1. The Morgan fingerprint density at radius 3 is 2.59 bits per heavy atom. The number of rotatable bonds is 6. The predicted octanol–water partition coefficient (Wildman–Crippen LogP) is 4.33. The molecule has 4 rings (SSSR count). The molecule has 0 spiro atoms. The number of nitro benzene ring substituents is 1. The summed E-state index contributed by atoms with van der Waals surface area (Å²) in [5.41, 5.74) is 3.59. The lowest BCUT2D eigenvalue weighted by atomic mass is 10.1. The third-order valence-electron chi connectivity index (χ3n) is 4.50. The minimum Gasteiger partial charge on any atom is -0.456 e. The average molecular weight is 466 g/mol. The highest BCUT2D eigenvalue weighted by atomic mass is 32.2. The zero-order valence-corrected chi connectivity index (χ0v) is 18.0. The normalized spacial score (nSPS) is 14.8. The highest BCUT2D eigenvalue weighted by Crippen LogP contribution is 2.34. The monoisotopic (exact) mass is 465 g/mol. The second-order valence-electron chi connectivity index (χ2n) is 6.69. The van der Waals surface area contributed by atoms with E-state index in [1.54, 1.807) is 30.3 Å². The second-order valence-corrected chi connectivity index (χ2v) is 8.37.